The highest BCUT2D eigenvalue weighted by molar-refractivity contribution is 5.75. The molecule has 0 saturated carbocycles. The Labute approximate surface area is 141 Å². The van der Waals surface area contributed by atoms with Gasteiger partial charge in [0.05, 0.1) is 13.7 Å². The summed E-state index contributed by atoms with van der Waals surface area (Å²) in [6.45, 7) is 0.595. The third-order valence-electron chi connectivity index (χ3n) is 3.56. The molecule has 0 aliphatic rings. The molecule has 6 heteroatoms. The van der Waals surface area contributed by atoms with Crippen LogP contribution in [0.3, 0.4) is 0 Å². The molecule has 4 N–H and O–H groups in total. The predicted molar refractivity (Wildman–Crippen MR) is 92.6 cm³/mol. The van der Waals surface area contributed by atoms with Gasteiger partial charge in [0, 0.05) is 5.69 Å². The van der Waals surface area contributed by atoms with E-state index < -0.39 is 12.0 Å². The second-order valence-corrected chi connectivity index (χ2v) is 5.48. The molecule has 1 aromatic carbocycles. The number of carbonyl (C=O) groups excluding carboxylic acids is 1. The summed E-state index contributed by atoms with van der Waals surface area (Å²) in [4.78, 5) is 15.6. The van der Waals surface area contributed by atoms with Gasteiger partial charge in [0.25, 0.3) is 0 Å². The summed E-state index contributed by atoms with van der Waals surface area (Å²) in [5.41, 5.74) is 13.3. The van der Waals surface area contributed by atoms with Crippen molar-refractivity contribution in [1.82, 2.24) is 4.98 Å². The Morgan fingerprint density at radius 1 is 1.21 bits per heavy atom. The fraction of sp³-hybridized carbons (Fsp3) is 0.333. The average Bonchev–Trinajstić information content (AvgIpc) is 2.59. The van der Waals surface area contributed by atoms with E-state index in [1.165, 1.54) is 7.11 Å². The molecule has 128 valence electrons. The van der Waals surface area contributed by atoms with Crippen LogP contribution in [0.25, 0.3) is 0 Å². The van der Waals surface area contributed by atoms with Crippen molar-refractivity contribution in [1.29, 1.82) is 0 Å². The first-order valence-electron chi connectivity index (χ1n) is 7.85. The van der Waals surface area contributed by atoms with Crippen LogP contribution in [0.1, 0.15) is 17.7 Å². The second-order valence-electron chi connectivity index (χ2n) is 5.48. The van der Waals surface area contributed by atoms with E-state index in [1.807, 2.05) is 36.4 Å². The van der Waals surface area contributed by atoms with Crippen LogP contribution in [0, 0.1) is 0 Å². The van der Waals surface area contributed by atoms with Gasteiger partial charge < -0.3 is 20.9 Å². The maximum absolute atomic E-state index is 11.3. The SMILES string of the molecule is COC(=O)[C@@H](N)Cc1ccc(OCCCc2cccc(N)n2)cc1. The van der Waals surface area contributed by atoms with E-state index in [0.717, 1.165) is 29.8 Å². The van der Waals surface area contributed by atoms with Crippen molar-refractivity contribution in [3.63, 3.8) is 0 Å². The number of nitrogen functional groups attached to an aromatic ring is 1. The number of aromatic nitrogens is 1. The Morgan fingerprint density at radius 3 is 2.62 bits per heavy atom. The zero-order chi connectivity index (χ0) is 17.4. The predicted octanol–water partition coefficient (Wildman–Crippen LogP) is 1.72. The quantitative estimate of drug-likeness (QED) is 0.565. The van der Waals surface area contributed by atoms with Crippen LogP contribution in [-0.2, 0) is 22.4 Å². The molecule has 0 fully saturated rings. The Morgan fingerprint density at radius 2 is 1.96 bits per heavy atom. The standard InChI is InChI=1S/C18H23N3O3/c1-23-18(22)16(19)12-13-7-9-15(10-8-13)24-11-3-5-14-4-2-6-17(20)21-14/h2,4,6-10,16H,3,5,11-12,19H2,1H3,(H2,20,21)/t16-/m0/s1. The van der Waals surface area contributed by atoms with Gasteiger partial charge in [-0.1, -0.05) is 18.2 Å². The molecule has 2 rings (SSSR count). The van der Waals surface area contributed by atoms with Gasteiger partial charge in [0.2, 0.25) is 0 Å². The molecule has 0 bridgehead atoms. The van der Waals surface area contributed by atoms with Gasteiger partial charge >= 0.3 is 5.97 Å². The zero-order valence-corrected chi connectivity index (χ0v) is 13.8. The van der Waals surface area contributed by atoms with E-state index in [0.29, 0.717) is 18.8 Å². The Kier molecular flexibility index (Phi) is 6.57. The largest absolute Gasteiger partial charge is 0.494 e. The lowest BCUT2D eigenvalue weighted by Crippen LogP contribution is -2.33. The van der Waals surface area contributed by atoms with Crippen molar-refractivity contribution in [3.8, 4) is 5.75 Å². The molecular weight excluding hydrogens is 306 g/mol. The maximum Gasteiger partial charge on any atom is 0.322 e. The molecule has 0 saturated heterocycles. The summed E-state index contributed by atoms with van der Waals surface area (Å²) in [5.74, 6) is 0.908. The number of nitrogens with zero attached hydrogens (tertiary/aromatic N) is 1. The number of benzene rings is 1. The van der Waals surface area contributed by atoms with E-state index in [1.54, 1.807) is 6.07 Å². The van der Waals surface area contributed by atoms with Crippen molar-refractivity contribution >= 4 is 11.8 Å². The Hall–Kier alpha value is -2.60. The molecule has 0 spiro atoms. The highest BCUT2D eigenvalue weighted by Gasteiger charge is 2.13. The summed E-state index contributed by atoms with van der Waals surface area (Å²) in [5, 5.41) is 0. The molecule has 0 aliphatic carbocycles. The lowest BCUT2D eigenvalue weighted by molar-refractivity contribution is -0.142. The van der Waals surface area contributed by atoms with Crippen LogP contribution < -0.4 is 16.2 Å². The van der Waals surface area contributed by atoms with Crippen LogP contribution in [0.4, 0.5) is 5.82 Å². The Balaban J connectivity index is 1.74. The van der Waals surface area contributed by atoms with Gasteiger partial charge in [-0.25, -0.2) is 4.98 Å². The summed E-state index contributed by atoms with van der Waals surface area (Å²) in [7, 11) is 1.33. The molecule has 1 heterocycles. The van der Waals surface area contributed by atoms with Gasteiger partial charge in [-0.15, -0.1) is 0 Å². The van der Waals surface area contributed by atoms with Gasteiger partial charge in [-0.05, 0) is 49.1 Å². The van der Waals surface area contributed by atoms with E-state index in [-0.39, 0.29) is 0 Å². The first-order chi connectivity index (χ1) is 11.6. The van der Waals surface area contributed by atoms with Gasteiger partial charge in [-0.2, -0.15) is 0 Å². The highest BCUT2D eigenvalue weighted by Crippen LogP contribution is 2.14. The van der Waals surface area contributed by atoms with Crippen LogP contribution >= 0.6 is 0 Å². The summed E-state index contributed by atoms with van der Waals surface area (Å²) >= 11 is 0. The molecule has 1 atom stereocenters. The van der Waals surface area contributed by atoms with E-state index in [9.17, 15) is 4.79 Å². The minimum absolute atomic E-state index is 0.412. The third-order valence-corrected chi connectivity index (χ3v) is 3.56. The van der Waals surface area contributed by atoms with Crippen molar-refractivity contribution in [3.05, 3.63) is 53.7 Å². The van der Waals surface area contributed by atoms with Crippen LogP contribution in [0.5, 0.6) is 5.75 Å². The maximum atomic E-state index is 11.3. The number of rotatable bonds is 8. The van der Waals surface area contributed by atoms with Crippen LogP contribution in [0.2, 0.25) is 0 Å². The second kappa shape index (κ2) is 8.88. The fourth-order valence-corrected chi connectivity index (χ4v) is 2.29. The number of pyridine rings is 1. The van der Waals surface area contributed by atoms with Crippen molar-refractivity contribution in [2.24, 2.45) is 5.73 Å². The van der Waals surface area contributed by atoms with E-state index in [4.69, 9.17) is 16.2 Å². The number of methoxy groups -OCH3 is 1. The van der Waals surface area contributed by atoms with E-state index in [2.05, 4.69) is 9.72 Å². The highest BCUT2D eigenvalue weighted by atomic mass is 16.5. The summed E-state index contributed by atoms with van der Waals surface area (Å²) in [6, 6.07) is 12.5. The lowest BCUT2D eigenvalue weighted by atomic mass is 10.1. The fourth-order valence-electron chi connectivity index (χ4n) is 2.29. The first kappa shape index (κ1) is 17.7. The van der Waals surface area contributed by atoms with Gasteiger partial charge in [0.15, 0.2) is 0 Å². The molecule has 0 aliphatic heterocycles. The van der Waals surface area contributed by atoms with Crippen molar-refractivity contribution in [2.75, 3.05) is 19.5 Å². The van der Waals surface area contributed by atoms with E-state index >= 15 is 0 Å². The minimum atomic E-state index is -0.646. The molecule has 6 nitrogen and oxygen atoms in total. The monoisotopic (exact) mass is 329 g/mol. The molecule has 0 radical (unpaired) electrons. The van der Waals surface area contributed by atoms with Crippen molar-refractivity contribution in [2.45, 2.75) is 25.3 Å². The normalized spacial score (nSPS) is 11.8. The number of aryl methyl sites for hydroxylation is 1. The van der Waals surface area contributed by atoms with Gasteiger partial charge in [-0.3, -0.25) is 4.79 Å². The topological polar surface area (TPSA) is 100 Å². The number of hydrogen-bond acceptors (Lipinski definition) is 6. The molecule has 1 aromatic heterocycles. The number of hydrogen-bond donors (Lipinski definition) is 2. The Bertz CT molecular complexity index is 659. The number of carbonyl (C=O) groups is 1. The minimum Gasteiger partial charge on any atom is -0.494 e. The molecule has 0 unspecified atom stereocenters. The number of esters is 1. The summed E-state index contributed by atoms with van der Waals surface area (Å²) in [6.07, 6.45) is 2.11. The molecule has 24 heavy (non-hydrogen) atoms. The van der Waals surface area contributed by atoms with Crippen LogP contribution in [0.15, 0.2) is 42.5 Å². The van der Waals surface area contributed by atoms with Crippen molar-refractivity contribution < 1.29 is 14.3 Å². The summed E-state index contributed by atoms with van der Waals surface area (Å²) < 4.78 is 10.3. The van der Waals surface area contributed by atoms with Crippen LogP contribution in [-0.4, -0.2) is 30.7 Å². The molecule has 2 aromatic rings. The molecule has 0 amide bonds. The molecular formula is C18H23N3O3. The zero-order valence-electron chi connectivity index (χ0n) is 13.8. The first-order valence-corrected chi connectivity index (χ1v) is 7.85. The number of ether oxygens (including phenoxy) is 2. The lowest BCUT2D eigenvalue weighted by Gasteiger charge is -2.10. The number of nitrogens with two attached hydrogens (primary N) is 2. The smallest absolute Gasteiger partial charge is 0.322 e. The average molecular weight is 329 g/mol. The third kappa shape index (κ3) is 5.55. The number of anilines is 1. The van der Waals surface area contributed by atoms with Gasteiger partial charge in [0.1, 0.15) is 17.6 Å².